The van der Waals surface area contributed by atoms with Gasteiger partial charge in [0.05, 0.1) is 6.04 Å². The molecule has 2 heterocycles. The molecule has 3 aromatic rings. The van der Waals surface area contributed by atoms with E-state index in [9.17, 15) is 19.5 Å². The lowest BCUT2D eigenvalue weighted by molar-refractivity contribution is -0.144. The normalized spacial score (nSPS) is 17.7. The van der Waals surface area contributed by atoms with E-state index in [1.54, 1.807) is 53.6 Å². The van der Waals surface area contributed by atoms with Crippen molar-refractivity contribution in [3.8, 4) is 0 Å². The molecule has 2 amide bonds. The number of carboxylic acids is 1. The number of nitrogens with one attached hydrogen (secondary N) is 2. The van der Waals surface area contributed by atoms with Gasteiger partial charge in [-0.05, 0) is 37.1 Å². The SMILES string of the molecule is NC(=O)C1CCCN1C(C(=O)O)c1c[nH]c2cc(NC(=O)c3ccccc3)ccc12. The van der Waals surface area contributed by atoms with Crippen molar-refractivity contribution in [2.75, 3.05) is 11.9 Å². The number of aromatic nitrogens is 1. The molecule has 5 N–H and O–H groups in total. The van der Waals surface area contributed by atoms with E-state index in [2.05, 4.69) is 10.3 Å². The molecule has 0 aliphatic carbocycles. The molecule has 8 heteroatoms. The van der Waals surface area contributed by atoms with Crippen LogP contribution in [0.3, 0.4) is 0 Å². The van der Waals surface area contributed by atoms with Crippen molar-refractivity contribution in [3.05, 3.63) is 65.9 Å². The maximum atomic E-state index is 12.4. The minimum absolute atomic E-state index is 0.230. The van der Waals surface area contributed by atoms with E-state index in [0.717, 1.165) is 11.8 Å². The van der Waals surface area contributed by atoms with Crippen LogP contribution in [0.5, 0.6) is 0 Å². The highest BCUT2D eigenvalue weighted by Gasteiger charge is 2.39. The lowest BCUT2D eigenvalue weighted by Gasteiger charge is -2.28. The van der Waals surface area contributed by atoms with Gasteiger partial charge in [-0.1, -0.05) is 24.3 Å². The fourth-order valence-corrected chi connectivity index (χ4v) is 4.10. The number of benzene rings is 2. The van der Waals surface area contributed by atoms with Gasteiger partial charge in [0, 0.05) is 40.5 Å². The van der Waals surface area contributed by atoms with Gasteiger partial charge < -0.3 is 21.1 Å². The Morgan fingerprint density at radius 2 is 1.93 bits per heavy atom. The topological polar surface area (TPSA) is 129 Å². The molecule has 0 saturated carbocycles. The predicted octanol–water partition coefficient (Wildman–Crippen LogP) is 2.50. The molecule has 0 radical (unpaired) electrons. The standard InChI is InChI=1S/C22H22N4O4/c23-20(27)18-7-4-10-26(18)19(22(29)30)16-12-24-17-11-14(8-9-15(16)17)25-21(28)13-5-2-1-3-6-13/h1-3,5-6,8-9,11-12,18-19,24H,4,7,10H2,(H2,23,27)(H,25,28)(H,29,30). The van der Waals surface area contributed by atoms with Crippen LogP contribution in [0.1, 0.15) is 34.8 Å². The van der Waals surface area contributed by atoms with Gasteiger partial charge in [-0.2, -0.15) is 0 Å². The summed E-state index contributed by atoms with van der Waals surface area (Å²) in [4.78, 5) is 41.0. The molecule has 1 saturated heterocycles. The molecule has 8 nitrogen and oxygen atoms in total. The number of H-pyrrole nitrogens is 1. The number of carbonyl (C=O) groups excluding carboxylic acids is 2. The van der Waals surface area contributed by atoms with E-state index < -0.39 is 24.0 Å². The number of hydrogen-bond acceptors (Lipinski definition) is 4. The molecule has 0 spiro atoms. The summed E-state index contributed by atoms with van der Waals surface area (Å²) in [7, 11) is 0. The first-order valence-corrected chi connectivity index (χ1v) is 9.71. The van der Waals surface area contributed by atoms with Crippen molar-refractivity contribution in [3.63, 3.8) is 0 Å². The number of nitrogens with two attached hydrogens (primary N) is 1. The summed E-state index contributed by atoms with van der Waals surface area (Å²) in [6.45, 7) is 0.489. The molecule has 1 aliphatic heterocycles. The van der Waals surface area contributed by atoms with E-state index in [1.807, 2.05) is 6.07 Å². The molecule has 1 aliphatic rings. The number of carbonyl (C=O) groups is 3. The number of carboxylic acid groups (broad SMARTS) is 1. The van der Waals surface area contributed by atoms with Crippen molar-refractivity contribution in [2.24, 2.45) is 5.73 Å². The summed E-state index contributed by atoms with van der Waals surface area (Å²) >= 11 is 0. The zero-order valence-electron chi connectivity index (χ0n) is 16.2. The van der Waals surface area contributed by atoms with Gasteiger partial charge in [0.2, 0.25) is 5.91 Å². The molecule has 30 heavy (non-hydrogen) atoms. The van der Waals surface area contributed by atoms with E-state index in [-0.39, 0.29) is 5.91 Å². The van der Waals surface area contributed by atoms with Crippen LogP contribution in [0.15, 0.2) is 54.7 Å². The van der Waals surface area contributed by atoms with Crippen molar-refractivity contribution < 1.29 is 19.5 Å². The number of amides is 2. The van der Waals surface area contributed by atoms with Crippen LogP contribution in [0, 0.1) is 0 Å². The Balaban J connectivity index is 1.63. The van der Waals surface area contributed by atoms with Crippen LogP contribution in [0.4, 0.5) is 5.69 Å². The summed E-state index contributed by atoms with van der Waals surface area (Å²) in [5.41, 5.74) is 7.87. The third-order valence-corrected chi connectivity index (χ3v) is 5.49. The van der Waals surface area contributed by atoms with E-state index >= 15 is 0 Å². The average Bonchev–Trinajstić information content (AvgIpc) is 3.36. The summed E-state index contributed by atoms with van der Waals surface area (Å²) in [6.07, 6.45) is 2.91. The minimum Gasteiger partial charge on any atom is -0.480 e. The summed E-state index contributed by atoms with van der Waals surface area (Å²) < 4.78 is 0. The average molecular weight is 406 g/mol. The minimum atomic E-state index is -1.04. The Kier molecular flexibility index (Phi) is 5.24. The molecule has 1 fully saturated rings. The molecule has 154 valence electrons. The van der Waals surface area contributed by atoms with Crippen molar-refractivity contribution >= 4 is 34.4 Å². The van der Waals surface area contributed by atoms with Crippen LogP contribution >= 0.6 is 0 Å². The van der Waals surface area contributed by atoms with Crippen molar-refractivity contribution in [2.45, 2.75) is 24.9 Å². The first-order valence-electron chi connectivity index (χ1n) is 9.71. The number of likely N-dealkylation sites (tertiary alicyclic amines) is 1. The Morgan fingerprint density at radius 1 is 1.17 bits per heavy atom. The van der Waals surface area contributed by atoms with Gasteiger partial charge in [0.15, 0.2) is 0 Å². The fraction of sp³-hybridized carbons (Fsp3) is 0.227. The molecule has 0 bridgehead atoms. The zero-order chi connectivity index (χ0) is 21.3. The Hall–Kier alpha value is -3.65. The Bertz CT molecular complexity index is 1110. The molecule has 2 unspecified atom stereocenters. The van der Waals surface area contributed by atoms with Gasteiger partial charge >= 0.3 is 5.97 Å². The summed E-state index contributed by atoms with van der Waals surface area (Å²) in [5, 5.41) is 13.5. The Morgan fingerprint density at radius 3 is 2.63 bits per heavy atom. The molecular weight excluding hydrogens is 384 g/mol. The third-order valence-electron chi connectivity index (χ3n) is 5.49. The van der Waals surface area contributed by atoms with Gasteiger partial charge in [-0.25, -0.2) is 0 Å². The van der Waals surface area contributed by atoms with E-state index in [1.165, 1.54) is 0 Å². The van der Waals surface area contributed by atoms with E-state index in [4.69, 9.17) is 5.73 Å². The number of nitrogens with zero attached hydrogens (tertiary/aromatic N) is 1. The van der Waals surface area contributed by atoms with Gasteiger partial charge in [-0.3, -0.25) is 19.3 Å². The number of aromatic amines is 1. The highest BCUT2D eigenvalue weighted by atomic mass is 16.4. The van der Waals surface area contributed by atoms with Crippen LogP contribution in [-0.2, 0) is 9.59 Å². The fourth-order valence-electron chi connectivity index (χ4n) is 4.10. The van der Waals surface area contributed by atoms with E-state index in [0.29, 0.717) is 35.3 Å². The molecular formula is C22H22N4O4. The second-order valence-electron chi connectivity index (χ2n) is 7.36. The van der Waals surface area contributed by atoms with Crippen LogP contribution in [0.25, 0.3) is 10.9 Å². The number of anilines is 1. The summed E-state index contributed by atoms with van der Waals surface area (Å²) in [5.74, 6) is -1.78. The monoisotopic (exact) mass is 406 g/mol. The molecule has 2 atom stereocenters. The van der Waals surface area contributed by atoms with Crippen molar-refractivity contribution in [1.29, 1.82) is 0 Å². The zero-order valence-corrected chi connectivity index (χ0v) is 16.2. The number of fused-ring (bicyclic) bond motifs is 1. The lowest BCUT2D eigenvalue weighted by Crippen LogP contribution is -2.44. The second kappa shape index (κ2) is 8.00. The first-order chi connectivity index (χ1) is 14.5. The highest BCUT2D eigenvalue weighted by molar-refractivity contribution is 6.05. The maximum Gasteiger partial charge on any atom is 0.325 e. The number of primary amides is 1. The van der Waals surface area contributed by atoms with Crippen LogP contribution < -0.4 is 11.1 Å². The third kappa shape index (κ3) is 3.65. The van der Waals surface area contributed by atoms with Crippen molar-refractivity contribution in [1.82, 2.24) is 9.88 Å². The summed E-state index contributed by atoms with van der Waals surface area (Å²) in [6, 6.07) is 12.6. The van der Waals surface area contributed by atoms with Crippen LogP contribution in [0.2, 0.25) is 0 Å². The molecule has 1 aromatic heterocycles. The number of hydrogen-bond donors (Lipinski definition) is 4. The Labute approximate surface area is 172 Å². The maximum absolute atomic E-state index is 12.4. The molecule has 2 aromatic carbocycles. The molecule has 4 rings (SSSR count). The number of aliphatic carboxylic acids is 1. The van der Waals surface area contributed by atoms with Gasteiger partial charge in [-0.15, -0.1) is 0 Å². The highest BCUT2D eigenvalue weighted by Crippen LogP contribution is 2.34. The first kappa shape index (κ1) is 19.7. The predicted molar refractivity (Wildman–Crippen MR) is 112 cm³/mol. The smallest absolute Gasteiger partial charge is 0.325 e. The second-order valence-corrected chi connectivity index (χ2v) is 7.36. The number of rotatable bonds is 6. The van der Waals surface area contributed by atoms with Gasteiger partial charge in [0.1, 0.15) is 6.04 Å². The lowest BCUT2D eigenvalue weighted by atomic mass is 10.0. The largest absolute Gasteiger partial charge is 0.480 e. The van der Waals surface area contributed by atoms with Gasteiger partial charge in [0.25, 0.3) is 5.91 Å². The quantitative estimate of drug-likeness (QED) is 0.500. The van der Waals surface area contributed by atoms with Crippen LogP contribution in [-0.4, -0.2) is 45.4 Å².